The first-order valence-electron chi connectivity index (χ1n) is 7.75. The highest BCUT2D eigenvalue weighted by Gasteiger charge is 2.38. The summed E-state index contributed by atoms with van der Waals surface area (Å²) in [7, 11) is 1.59. The molecule has 0 radical (unpaired) electrons. The van der Waals surface area contributed by atoms with Gasteiger partial charge < -0.3 is 19.9 Å². The molecular formula is C17H21N3O3. The molecule has 2 N–H and O–H groups in total. The summed E-state index contributed by atoms with van der Waals surface area (Å²) in [6.07, 6.45) is 2.66. The van der Waals surface area contributed by atoms with Gasteiger partial charge in [0, 0.05) is 44.8 Å². The predicted octanol–water partition coefficient (Wildman–Crippen LogP) is 1.13. The van der Waals surface area contributed by atoms with Crippen LogP contribution in [0, 0.1) is 0 Å². The minimum atomic E-state index is -0.561. The first kappa shape index (κ1) is 15.6. The molecule has 3 rings (SSSR count). The lowest BCUT2D eigenvalue weighted by atomic mass is 10.2. The largest absolute Gasteiger partial charge is 0.380 e. The molecule has 1 aliphatic heterocycles. The Hall–Kier alpha value is -2.34. The minimum Gasteiger partial charge on any atom is -0.380 e. The number of aromatic nitrogens is 1. The zero-order valence-corrected chi connectivity index (χ0v) is 13.1. The van der Waals surface area contributed by atoms with Crippen molar-refractivity contribution in [3.63, 3.8) is 0 Å². The number of methoxy groups -OCH3 is 1. The lowest BCUT2D eigenvalue weighted by Crippen LogP contribution is -2.44. The topological polar surface area (TPSA) is 77.6 Å². The van der Waals surface area contributed by atoms with Gasteiger partial charge in [0.15, 0.2) is 0 Å². The molecule has 6 nitrogen and oxygen atoms in total. The van der Waals surface area contributed by atoms with Gasteiger partial charge in [0.25, 0.3) is 0 Å². The van der Waals surface area contributed by atoms with Crippen molar-refractivity contribution >= 4 is 22.7 Å². The first-order valence-corrected chi connectivity index (χ1v) is 7.75. The van der Waals surface area contributed by atoms with Crippen molar-refractivity contribution in [2.24, 2.45) is 5.73 Å². The Morgan fingerprint density at radius 2 is 2.09 bits per heavy atom. The number of amides is 2. The predicted molar refractivity (Wildman–Crippen MR) is 86.7 cm³/mol. The fourth-order valence-electron chi connectivity index (χ4n) is 3.21. The van der Waals surface area contributed by atoms with Crippen LogP contribution in [0.2, 0.25) is 0 Å². The number of primary amides is 1. The highest BCUT2D eigenvalue weighted by Crippen LogP contribution is 2.21. The SMILES string of the molecule is CO[C@H]1C[C@@H](C(N)=O)N(C(=O)CCn2ccc3ccccc32)C1. The van der Waals surface area contributed by atoms with Crippen LogP contribution in [0.5, 0.6) is 0 Å². The Bertz CT molecular complexity index is 725. The fourth-order valence-corrected chi connectivity index (χ4v) is 3.21. The number of para-hydroxylation sites is 1. The molecule has 1 aliphatic rings. The molecule has 2 amide bonds. The van der Waals surface area contributed by atoms with Crippen LogP contribution in [0.3, 0.4) is 0 Å². The molecule has 1 fully saturated rings. The number of likely N-dealkylation sites (tertiary alicyclic amines) is 1. The molecule has 122 valence electrons. The van der Waals surface area contributed by atoms with Crippen molar-refractivity contribution in [2.45, 2.75) is 31.5 Å². The van der Waals surface area contributed by atoms with E-state index in [0.717, 1.165) is 10.9 Å². The average Bonchev–Trinajstić information content (AvgIpc) is 3.17. The zero-order valence-electron chi connectivity index (χ0n) is 13.1. The second kappa shape index (κ2) is 6.42. The van der Waals surface area contributed by atoms with Gasteiger partial charge in [0.1, 0.15) is 6.04 Å². The van der Waals surface area contributed by atoms with Crippen molar-refractivity contribution in [3.05, 3.63) is 36.5 Å². The number of carbonyl (C=O) groups is 2. The van der Waals surface area contributed by atoms with Gasteiger partial charge in [-0.2, -0.15) is 0 Å². The van der Waals surface area contributed by atoms with Gasteiger partial charge in [-0.05, 0) is 17.5 Å². The second-order valence-electron chi connectivity index (χ2n) is 5.88. The van der Waals surface area contributed by atoms with E-state index in [9.17, 15) is 9.59 Å². The standard InChI is InChI=1S/C17H21N3O3/c1-23-13-10-15(17(18)22)20(11-13)16(21)7-9-19-8-6-12-4-2-3-5-14(12)19/h2-6,8,13,15H,7,9-11H2,1H3,(H2,18,22)/t13-,15-/m0/s1. The quantitative estimate of drug-likeness (QED) is 0.898. The molecule has 2 aromatic rings. The van der Waals surface area contributed by atoms with E-state index in [1.165, 1.54) is 0 Å². The van der Waals surface area contributed by atoms with Crippen LogP contribution in [0.1, 0.15) is 12.8 Å². The minimum absolute atomic E-state index is 0.0638. The molecule has 1 aromatic carbocycles. The summed E-state index contributed by atoms with van der Waals surface area (Å²) in [6, 6.07) is 9.51. The normalized spacial score (nSPS) is 21.0. The highest BCUT2D eigenvalue weighted by molar-refractivity contribution is 5.87. The maximum absolute atomic E-state index is 12.5. The number of carbonyl (C=O) groups excluding carboxylic acids is 2. The molecule has 23 heavy (non-hydrogen) atoms. The summed E-state index contributed by atoms with van der Waals surface area (Å²) < 4.78 is 7.33. The molecule has 0 bridgehead atoms. The molecule has 0 aliphatic carbocycles. The third-order valence-electron chi connectivity index (χ3n) is 4.49. The highest BCUT2D eigenvalue weighted by atomic mass is 16.5. The van der Waals surface area contributed by atoms with Crippen LogP contribution < -0.4 is 5.73 Å². The maximum Gasteiger partial charge on any atom is 0.240 e. The van der Waals surface area contributed by atoms with Gasteiger partial charge in [0.2, 0.25) is 11.8 Å². The number of aryl methyl sites for hydroxylation is 1. The molecular weight excluding hydrogens is 294 g/mol. The Morgan fingerprint density at radius 1 is 1.30 bits per heavy atom. The molecule has 2 heterocycles. The van der Waals surface area contributed by atoms with Crippen LogP contribution in [-0.4, -0.2) is 47.1 Å². The monoisotopic (exact) mass is 315 g/mol. The maximum atomic E-state index is 12.5. The average molecular weight is 315 g/mol. The fraction of sp³-hybridized carbons (Fsp3) is 0.412. The van der Waals surface area contributed by atoms with E-state index in [2.05, 4.69) is 4.57 Å². The summed E-state index contributed by atoms with van der Waals surface area (Å²) in [5, 5.41) is 1.15. The molecule has 0 saturated carbocycles. The summed E-state index contributed by atoms with van der Waals surface area (Å²) >= 11 is 0. The van der Waals surface area contributed by atoms with Gasteiger partial charge in [-0.15, -0.1) is 0 Å². The first-order chi connectivity index (χ1) is 11.1. The van der Waals surface area contributed by atoms with Crippen molar-refractivity contribution in [2.75, 3.05) is 13.7 Å². The zero-order chi connectivity index (χ0) is 16.4. The van der Waals surface area contributed by atoms with E-state index in [4.69, 9.17) is 10.5 Å². The Labute approximate surface area is 134 Å². The number of hydrogen-bond acceptors (Lipinski definition) is 3. The molecule has 1 saturated heterocycles. The third kappa shape index (κ3) is 3.07. The smallest absolute Gasteiger partial charge is 0.240 e. The van der Waals surface area contributed by atoms with Crippen LogP contribution in [0.25, 0.3) is 10.9 Å². The van der Waals surface area contributed by atoms with E-state index in [0.29, 0.717) is 25.9 Å². The van der Waals surface area contributed by atoms with E-state index >= 15 is 0 Å². The van der Waals surface area contributed by atoms with Crippen LogP contribution in [0.15, 0.2) is 36.5 Å². The Kier molecular flexibility index (Phi) is 4.34. The van der Waals surface area contributed by atoms with Gasteiger partial charge >= 0.3 is 0 Å². The van der Waals surface area contributed by atoms with Crippen LogP contribution >= 0.6 is 0 Å². The second-order valence-corrected chi connectivity index (χ2v) is 5.88. The third-order valence-corrected chi connectivity index (χ3v) is 4.49. The van der Waals surface area contributed by atoms with E-state index < -0.39 is 11.9 Å². The van der Waals surface area contributed by atoms with Crippen LogP contribution in [0.4, 0.5) is 0 Å². The number of nitrogens with two attached hydrogens (primary N) is 1. The summed E-state index contributed by atoms with van der Waals surface area (Å²) in [4.78, 5) is 25.6. The number of ether oxygens (including phenoxy) is 1. The van der Waals surface area contributed by atoms with Crippen molar-refractivity contribution in [1.82, 2.24) is 9.47 Å². The number of benzene rings is 1. The summed E-state index contributed by atoms with van der Waals surface area (Å²) in [5.41, 5.74) is 6.51. The van der Waals surface area contributed by atoms with Crippen molar-refractivity contribution in [1.29, 1.82) is 0 Å². The van der Waals surface area contributed by atoms with Gasteiger partial charge in [-0.3, -0.25) is 9.59 Å². The Balaban J connectivity index is 1.68. The van der Waals surface area contributed by atoms with Gasteiger partial charge in [-0.25, -0.2) is 0 Å². The molecule has 2 atom stereocenters. The summed E-state index contributed by atoms with van der Waals surface area (Å²) in [6.45, 7) is 1.00. The Morgan fingerprint density at radius 3 is 2.83 bits per heavy atom. The number of rotatable bonds is 5. The van der Waals surface area contributed by atoms with E-state index in [-0.39, 0.29) is 12.0 Å². The molecule has 6 heteroatoms. The van der Waals surface area contributed by atoms with Gasteiger partial charge in [0.05, 0.1) is 6.10 Å². The number of fused-ring (bicyclic) bond motifs is 1. The van der Waals surface area contributed by atoms with E-state index in [1.54, 1.807) is 12.0 Å². The lowest BCUT2D eigenvalue weighted by Gasteiger charge is -2.22. The lowest BCUT2D eigenvalue weighted by molar-refractivity contribution is -0.137. The summed E-state index contributed by atoms with van der Waals surface area (Å²) in [5.74, 6) is -0.532. The van der Waals surface area contributed by atoms with Gasteiger partial charge in [-0.1, -0.05) is 18.2 Å². The molecule has 0 spiro atoms. The number of nitrogens with zero attached hydrogens (tertiary/aromatic N) is 2. The van der Waals surface area contributed by atoms with Crippen molar-refractivity contribution in [3.8, 4) is 0 Å². The molecule has 1 aromatic heterocycles. The number of hydrogen-bond donors (Lipinski definition) is 1. The van der Waals surface area contributed by atoms with Crippen molar-refractivity contribution < 1.29 is 14.3 Å². The van der Waals surface area contributed by atoms with E-state index in [1.807, 2.05) is 36.5 Å². The van der Waals surface area contributed by atoms with Crippen LogP contribution in [-0.2, 0) is 20.9 Å². The molecule has 0 unspecified atom stereocenters.